The van der Waals surface area contributed by atoms with E-state index in [1.165, 1.54) is 9.21 Å². The zero-order chi connectivity index (χ0) is 18.8. The molecular formula is C17H25N3O4S. The fraction of sp³-hybridized carbons (Fsp3) is 0.529. The third kappa shape index (κ3) is 4.58. The van der Waals surface area contributed by atoms with E-state index in [0.29, 0.717) is 24.5 Å². The smallest absolute Gasteiger partial charge is 0.410 e. The third-order valence-corrected chi connectivity index (χ3v) is 5.81. The number of aryl methyl sites for hydroxylation is 1. The lowest BCUT2D eigenvalue weighted by Crippen LogP contribution is -2.51. The van der Waals surface area contributed by atoms with Crippen molar-refractivity contribution < 1.29 is 17.9 Å². The van der Waals surface area contributed by atoms with Gasteiger partial charge in [0.05, 0.1) is 11.4 Å². The first-order valence-corrected chi connectivity index (χ1v) is 9.57. The molecule has 1 aliphatic heterocycles. The maximum absolute atomic E-state index is 12.8. The Morgan fingerprint density at radius 2 is 1.84 bits per heavy atom. The quantitative estimate of drug-likeness (QED) is 0.819. The highest BCUT2D eigenvalue weighted by atomic mass is 32.2. The summed E-state index contributed by atoms with van der Waals surface area (Å²) in [5.41, 5.74) is 0.494. The van der Waals surface area contributed by atoms with Gasteiger partial charge in [-0.05, 0) is 45.9 Å². The minimum atomic E-state index is -3.64. The molecule has 0 spiro atoms. The molecule has 0 bridgehead atoms. The van der Waals surface area contributed by atoms with E-state index >= 15 is 0 Å². The Labute approximate surface area is 149 Å². The summed E-state index contributed by atoms with van der Waals surface area (Å²) in [5.74, 6) is 0. The largest absolute Gasteiger partial charge is 0.444 e. The van der Waals surface area contributed by atoms with Gasteiger partial charge in [0.15, 0.2) is 0 Å². The predicted octanol–water partition coefficient (Wildman–Crippen LogP) is 2.27. The van der Waals surface area contributed by atoms with E-state index in [4.69, 9.17) is 4.74 Å². The number of hydrogen-bond acceptors (Lipinski definition) is 5. The molecule has 8 heteroatoms. The van der Waals surface area contributed by atoms with Crippen LogP contribution in [0.3, 0.4) is 0 Å². The summed E-state index contributed by atoms with van der Waals surface area (Å²) < 4.78 is 32.4. The molecule has 1 saturated heterocycles. The molecule has 1 amide bonds. The van der Waals surface area contributed by atoms with E-state index in [2.05, 4.69) is 11.6 Å². The number of aromatic nitrogens is 1. The summed E-state index contributed by atoms with van der Waals surface area (Å²) in [5, 5.41) is 0. The second kappa shape index (κ2) is 7.13. The lowest BCUT2D eigenvalue weighted by atomic mass is 10.2. The fourth-order valence-corrected chi connectivity index (χ4v) is 4.11. The van der Waals surface area contributed by atoms with E-state index in [0.717, 1.165) is 0 Å². The molecule has 2 heterocycles. The number of pyridine rings is 1. The van der Waals surface area contributed by atoms with Crippen LogP contribution in [0.4, 0.5) is 4.79 Å². The number of piperazine rings is 1. The number of ether oxygens (including phenoxy) is 1. The van der Waals surface area contributed by atoms with Gasteiger partial charge in [0.2, 0.25) is 10.0 Å². The first-order chi connectivity index (χ1) is 11.5. The van der Waals surface area contributed by atoms with Gasteiger partial charge in [-0.1, -0.05) is 6.58 Å². The molecular weight excluding hydrogens is 342 g/mol. The molecule has 1 aromatic heterocycles. The van der Waals surface area contributed by atoms with Crippen molar-refractivity contribution in [1.82, 2.24) is 14.2 Å². The summed E-state index contributed by atoms with van der Waals surface area (Å²) in [6, 6.07) is 3.18. The predicted molar refractivity (Wildman–Crippen MR) is 95.6 cm³/mol. The maximum atomic E-state index is 12.8. The van der Waals surface area contributed by atoms with Crippen molar-refractivity contribution in [3.8, 4) is 0 Å². The Balaban J connectivity index is 2.09. The van der Waals surface area contributed by atoms with Gasteiger partial charge in [-0.3, -0.25) is 4.98 Å². The number of amides is 1. The summed E-state index contributed by atoms with van der Waals surface area (Å²) in [6.07, 6.45) is 1.15. The lowest BCUT2D eigenvalue weighted by Gasteiger charge is -2.35. The molecule has 138 valence electrons. The second-order valence-corrected chi connectivity index (χ2v) is 8.80. The molecule has 0 radical (unpaired) electrons. The first kappa shape index (κ1) is 19.4. The van der Waals surface area contributed by atoms with E-state index in [-0.39, 0.29) is 18.0 Å². The van der Waals surface area contributed by atoms with Gasteiger partial charge < -0.3 is 9.64 Å². The Hall–Kier alpha value is -1.93. The zero-order valence-corrected chi connectivity index (χ0v) is 16.0. The third-order valence-electron chi connectivity index (χ3n) is 3.78. The summed E-state index contributed by atoms with van der Waals surface area (Å²) in [6.45, 7) is 11.7. The fourth-order valence-electron chi connectivity index (χ4n) is 2.53. The van der Waals surface area contributed by atoms with Crippen molar-refractivity contribution in [2.24, 2.45) is 0 Å². The summed E-state index contributed by atoms with van der Waals surface area (Å²) >= 11 is 0. The van der Waals surface area contributed by atoms with Crippen molar-refractivity contribution in [3.05, 3.63) is 30.1 Å². The second-order valence-electron chi connectivity index (χ2n) is 6.90. The average Bonchev–Trinajstić information content (AvgIpc) is 2.53. The highest BCUT2D eigenvalue weighted by Gasteiger charge is 2.32. The van der Waals surface area contributed by atoms with Gasteiger partial charge in [0.1, 0.15) is 10.5 Å². The Bertz CT molecular complexity index is 761. The molecule has 0 aliphatic carbocycles. The molecule has 7 nitrogen and oxygen atoms in total. The van der Waals surface area contributed by atoms with Gasteiger partial charge in [-0.25, -0.2) is 13.2 Å². The summed E-state index contributed by atoms with van der Waals surface area (Å²) in [7, 11) is -3.64. The Morgan fingerprint density at radius 3 is 2.32 bits per heavy atom. The maximum Gasteiger partial charge on any atom is 0.410 e. The van der Waals surface area contributed by atoms with Crippen LogP contribution in [0.1, 0.15) is 32.2 Å². The first-order valence-electron chi connectivity index (χ1n) is 8.13. The van der Waals surface area contributed by atoms with Gasteiger partial charge >= 0.3 is 6.09 Å². The molecule has 25 heavy (non-hydrogen) atoms. The van der Waals surface area contributed by atoms with Crippen LogP contribution >= 0.6 is 0 Å². The molecule has 0 saturated carbocycles. The molecule has 0 aromatic carbocycles. The van der Waals surface area contributed by atoms with Crippen LogP contribution in [-0.4, -0.2) is 60.5 Å². The van der Waals surface area contributed by atoms with Crippen LogP contribution < -0.4 is 0 Å². The van der Waals surface area contributed by atoms with Gasteiger partial charge in [-0.2, -0.15) is 4.31 Å². The van der Waals surface area contributed by atoms with Crippen molar-refractivity contribution in [2.75, 3.05) is 26.2 Å². The van der Waals surface area contributed by atoms with Crippen LogP contribution in [0.15, 0.2) is 23.6 Å². The van der Waals surface area contributed by atoms with Crippen molar-refractivity contribution in [3.63, 3.8) is 0 Å². The van der Waals surface area contributed by atoms with Crippen LogP contribution in [0.5, 0.6) is 0 Å². The van der Waals surface area contributed by atoms with Gasteiger partial charge in [0, 0.05) is 26.2 Å². The molecule has 0 unspecified atom stereocenters. The van der Waals surface area contributed by atoms with Gasteiger partial charge in [-0.15, -0.1) is 0 Å². The number of carbonyl (C=O) groups excluding carboxylic acids is 1. The van der Waals surface area contributed by atoms with E-state index < -0.39 is 21.7 Å². The van der Waals surface area contributed by atoms with Crippen LogP contribution in [-0.2, 0) is 14.8 Å². The molecule has 1 aliphatic rings. The van der Waals surface area contributed by atoms with Crippen molar-refractivity contribution in [1.29, 1.82) is 0 Å². The molecule has 0 N–H and O–H groups in total. The SMILES string of the molecule is C=Cc1ccc(S(=O)(=O)N2CCN(C(=O)OC(C)(C)C)CC2)c(C)n1. The molecule has 1 aromatic rings. The zero-order valence-electron chi connectivity index (χ0n) is 15.2. The molecule has 1 fully saturated rings. The van der Waals surface area contributed by atoms with E-state index in [1.807, 2.05) is 0 Å². The van der Waals surface area contributed by atoms with E-state index in [9.17, 15) is 13.2 Å². The number of carbonyl (C=O) groups is 1. The van der Waals surface area contributed by atoms with Crippen LogP contribution in [0, 0.1) is 6.92 Å². The highest BCUT2D eigenvalue weighted by molar-refractivity contribution is 7.89. The topological polar surface area (TPSA) is 79.8 Å². The van der Waals surface area contributed by atoms with Crippen LogP contribution in [0.25, 0.3) is 6.08 Å². The monoisotopic (exact) mass is 367 g/mol. The number of rotatable bonds is 3. The summed E-state index contributed by atoms with van der Waals surface area (Å²) in [4.78, 5) is 18.0. The van der Waals surface area contributed by atoms with Gasteiger partial charge in [0.25, 0.3) is 0 Å². The average molecular weight is 367 g/mol. The Kier molecular flexibility index (Phi) is 5.53. The number of hydrogen-bond donors (Lipinski definition) is 0. The number of nitrogens with zero attached hydrogens (tertiary/aromatic N) is 3. The highest BCUT2D eigenvalue weighted by Crippen LogP contribution is 2.21. The minimum absolute atomic E-state index is 0.184. The van der Waals surface area contributed by atoms with Crippen molar-refractivity contribution >= 4 is 22.2 Å². The standard InChI is InChI=1S/C17H25N3O4S/c1-6-14-7-8-15(13(2)18-14)25(22,23)20-11-9-19(10-12-20)16(21)24-17(3,4)5/h6-8H,1,9-12H2,2-5H3. The number of sulfonamides is 1. The van der Waals surface area contributed by atoms with Crippen LogP contribution in [0.2, 0.25) is 0 Å². The normalized spacial score (nSPS) is 16.6. The minimum Gasteiger partial charge on any atom is -0.444 e. The van der Waals surface area contributed by atoms with E-state index in [1.54, 1.807) is 45.9 Å². The molecule has 0 atom stereocenters. The lowest BCUT2D eigenvalue weighted by molar-refractivity contribution is 0.0192. The van der Waals surface area contributed by atoms with Crippen molar-refractivity contribution in [2.45, 2.75) is 38.2 Å². The Morgan fingerprint density at radius 1 is 1.24 bits per heavy atom. The molecule has 2 rings (SSSR count).